The molecule has 0 unspecified atom stereocenters. The van der Waals surface area contributed by atoms with Crippen LogP contribution in [0.25, 0.3) is 22.4 Å². The second-order valence-corrected chi connectivity index (χ2v) is 5.52. The largest absolute Gasteiger partial charge is 0.470 e. The van der Waals surface area contributed by atoms with Crippen LogP contribution in [0.5, 0.6) is 0 Å². The van der Waals surface area contributed by atoms with Gasteiger partial charge in [-0.25, -0.2) is 4.98 Å². The van der Waals surface area contributed by atoms with Gasteiger partial charge in [-0.15, -0.1) is 0 Å². The molecule has 116 valence electrons. The number of hydrogen-bond donors (Lipinski definition) is 1. The van der Waals surface area contributed by atoms with Gasteiger partial charge in [0.15, 0.2) is 0 Å². The van der Waals surface area contributed by atoms with Gasteiger partial charge in [0.1, 0.15) is 18.4 Å². The van der Waals surface area contributed by atoms with Crippen LogP contribution in [0.4, 0.5) is 5.69 Å². The molecule has 0 fully saturated rings. The standard InChI is InChI=1S/C19H14N4O/c20-9-13-5-1-2-6-14(13)10-23-18-8-4-3-7-17(18)22-19(23)15-11-24-12-16(15)21/h1-8,11-12H,10,21H2. The molecule has 5 nitrogen and oxygen atoms in total. The van der Waals surface area contributed by atoms with Gasteiger partial charge in [-0.3, -0.25) is 0 Å². The molecule has 24 heavy (non-hydrogen) atoms. The lowest BCUT2D eigenvalue weighted by molar-refractivity contribution is 0.568. The van der Waals surface area contributed by atoms with E-state index in [2.05, 4.69) is 10.6 Å². The predicted octanol–water partition coefficient (Wildman–Crippen LogP) is 3.80. The van der Waals surface area contributed by atoms with Crippen molar-refractivity contribution in [1.29, 1.82) is 5.26 Å². The number of nitrogens with two attached hydrogens (primary N) is 1. The zero-order valence-corrected chi connectivity index (χ0v) is 12.8. The Kier molecular flexibility index (Phi) is 3.29. The maximum Gasteiger partial charge on any atom is 0.146 e. The zero-order valence-electron chi connectivity index (χ0n) is 12.8. The number of nitrogen functional groups attached to an aromatic ring is 1. The molecule has 2 aromatic heterocycles. The Morgan fingerprint density at radius 1 is 1.08 bits per heavy atom. The third-order valence-electron chi connectivity index (χ3n) is 4.05. The van der Waals surface area contributed by atoms with Crippen LogP contribution in [0.3, 0.4) is 0 Å². The molecule has 0 saturated carbocycles. The normalized spacial score (nSPS) is 10.8. The maximum absolute atomic E-state index is 9.35. The van der Waals surface area contributed by atoms with Crippen molar-refractivity contribution < 1.29 is 4.42 Å². The quantitative estimate of drug-likeness (QED) is 0.623. The van der Waals surface area contributed by atoms with Gasteiger partial charge in [-0.1, -0.05) is 30.3 Å². The third-order valence-corrected chi connectivity index (χ3v) is 4.05. The van der Waals surface area contributed by atoms with Crippen molar-refractivity contribution in [1.82, 2.24) is 9.55 Å². The van der Waals surface area contributed by atoms with Gasteiger partial charge in [0.05, 0.1) is 40.5 Å². The van der Waals surface area contributed by atoms with Crippen molar-refractivity contribution in [3.05, 3.63) is 72.2 Å². The van der Waals surface area contributed by atoms with Crippen molar-refractivity contribution in [2.24, 2.45) is 0 Å². The number of rotatable bonds is 3. The Morgan fingerprint density at radius 2 is 1.88 bits per heavy atom. The number of hydrogen-bond acceptors (Lipinski definition) is 4. The Hall–Kier alpha value is -3.52. The first-order valence-corrected chi connectivity index (χ1v) is 7.53. The van der Waals surface area contributed by atoms with E-state index < -0.39 is 0 Å². The van der Waals surface area contributed by atoms with Gasteiger partial charge in [0.2, 0.25) is 0 Å². The highest BCUT2D eigenvalue weighted by Gasteiger charge is 2.17. The number of nitrogens with zero attached hydrogens (tertiary/aromatic N) is 3. The SMILES string of the molecule is N#Cc1ccccc1Cn1c(-c2cocc2N)nc2ccccc21. The van der Waals surface area contributed by atoms with E-state index in [1.54, 1.807) is 6.26 Å². The molecule has 0 aliphatic heterocycles. The molecule has 0 aliphatic carbocycles. The van der Waals surface area contributed by atoms with Crippen molar-refractivity contribution >= 4 is 16.7 Å². The van der Waals surface area contributed by atoms with Crippen molar-refractivity contribution in [3.8, 4) is 17.5 Å². The molecule has 0 atom stereocenters. The lowest BCUT2D eigenvalue weighted by Crippen LogP contribution is -2.04. The number of aromatic nitrogens is 2. The fraction of sp³-hybridized carbons (Fsp3) is 0.0526. The van der Waals surface area contributed by atoms with Crippen LogP contribution in [0.15, 0.2) is 65.5 Å². The first-order chi connectivity index (χ1) is 11.8. The zero-order chi connectivity index (χ0) is 16.5. The fourth-order valence-corrected chi connectivity index (χ4v) is 2.87. The van der Waals surface area contributed by atoms with Crippen LogP contribution in [-0.4, -0.2) is 9.55 Å². The number of anilines is 1. The third kappa shape index (κ3) is 2.22. The molecular formula is C19H14N4O. The molecule has 0 spiro atoms. The topological polar surface area (TPSA) is 80.8 Å². The molecule has 0 amide bonds. The number of nitriles is 1. The molecular weight excluding hydrogens is 300 g/mol. The lowest BCUT2D eigenvalue weighted by atomic mass is 10.1. The summed E-state index contributed by atoms with van der Waals surface area (Å²) in [4.78, 5) is 4.71. The van der Waals surface area contributed by atoms with Gasteiger partial charge in [0, 0.05) is 0 Å². The van der Waals surface area contributed by atoms with E-state index in [9.17, 15) is 5.26 Å². The van der Waals surface area contributed by atoms with Gasteiger partial charge >= 0.3 is 0 Å². The number of imidazole rings is 1. The summed E-state index contributed by atoms with van der Waals surface area (Å²) >= 11 is 0. The van der Waals surface area contributed by atoms with E-state index in [0.717, 1.165) is 28.0 Å². The second kappa shape index (κ2) is 5.60. The van der Waals surface area contributed by atoms with Crippen LogP contribution in [0.1, 0.15) is 11.1 Å². The number of para-hydroxylation sites is 2. The first-order valence-electron chi connectivity index (χ1n) is 7.53. The molecule has 0 saturated heterocycles. The highest BCUT2D eigenvalue weighted by molar-refractivity contribution is 5.83. The molecule has 5 heteroatoms. The molecule has 2 aromatic carbocycles. The Balaban J connectivity index is 1.94. The average Bonchev–Trinajstić information content (AvgIpc) is 3.19. The molecule has 2 heterocycles. The Labute approximate surface area is 138 Å². The van der Waals surface area contributed by atoms with Crippen molar-refractivity contribution in [3.63, 3.8) is 0 Å². The van der Waals surface area contributed by atoms with Crippen molar-refractivity contribution in [2.75, 3.05) is 5.73 Å². The summed E-state index contributed by atoms with van der Waals surface area (Å²) in [7, 11) is 0. The molecule has 0 aliphatic rings. The number of furan rings is 1. The molecule has 4 aromatic rings. The number of fused-ring (bicyclic) bond motifs is 1. The maximum atomic E-state index is 9.35. The lowest BCUT2D eigenvalue weighted by Gasteiger charge is -2.10. The minimum absolute atomic E-state index is 0.532. The second-order valence-electron chi connectivity index (χ2n) is 5.52. The van der Waals surface area contributed by atoms with Crippen molar-refractivity contribution in [2.45, 2.75) is 6.54 Å². The molecule has 4 rings (SSSR count). The Morgan fingerprint density at radius 3 is 2.67 bits per heavy atom. The summed E-state index contributed by atoms with van der Waals surface area (Å²) in [5, 5.41) is 9.35. The van der Waals surface area contributed by atoms with Crippen LogP contribution in [0, 0.1) is 11.3 Å². The summed E-state index contributed by atoms with van der Waals surface area (Å²) in [6.45, 7) is 0.532. The van der Waals surface area contributed by atoms with Gasteiger partial charge < -0.3 is 14.7 Å². The fourth-order valence-electron chi connectivity index (χ4n) is 2.87. The number of benzene rings is 2. The van der Waals surface area contributed by atoms with E-state index in [-0.39, 0.29) is 0 Å². The van der Waals surface area contributed by atoms with Crippen LogP contribution < -0.4 is 5.73 Å². The summed E-state index contributed by atoms with van der Waals surface area (Å²) < 4.78 is 7.28. The van der Waals surface area contributed by atoms with E-state index in [1.165, 1.54) is 6.26 Å². The summed E-state index contributed by atoms with van der Waals surface area (Å²) in [5.41, 5.74) is 10.8. The van der Waals surface area contributed by atoms with Crippen LogP contribution in [-0.2, 0) is 6.54 Å². The van der Waals surface area contributed by atoms with Crippen LogP contribution in [0.2, 0.25) is 0 Å². The highest BCUT2D eigenvalue weighted by Crippen LogP contribution is 2.30. The predicted molar refractivity (Wildman–Crippen MR) is 92.1 cm³/mol. The van der Waals surface area contributed by atoms with E-state index in [0.29, 0.717) is 17.8 Å². The molecule has 0 bridgehead atoms. The Bertz CT molecular complexity index is 1070. The van der Waals surface area contributed by atoms with E-state index >= 15 is 0 Å². The van der Waals surface area contributed by atoms with E-state index in [1.807, 2.05) is 48.5 Å². The highest BCUT2D eigenvalue weighted by atomic mass is 16.3. The minimum Gasteiger partial charge on any atom is -0.470 e. The average molecular weight is 314 g/mol. The van der Waals surface area contributed by atoms with Crippen LogP contribution >= 0.6 is 0 Å². The molecule has 2 N–H and O–H groups in total. The minimum atomic E-state index is 0.532. The summed E-state index contributed by atoms with van der Waals surface area (Å²) in [6.07, 6.45) is 3.10. The molecule has 0 radical (unpaired) electrons. The van der Waals surface area contributed by atoms with Gasteiger partial charge in [0.25, 0.3) is 0 Å². The monoisotopic (exact) mass is 314 g/mol. The van der Waals surface area contributed by atoms with E-state index in [4.69, 9.17) is 15.1 Å². The van der Waals surface area contributed by atoms with Gasteiger partial charge in [-0.05, 0) is 23.8 Å². The van der Waals surface area contributed by atoms with Gasteiger partial charge in [-0.2, -0.15) is 5.26 Å². The summed E-state index contributed by atoms with van der Waals surface area (Å²) in [6, 6.07) is 17.7. The summed E-state index contributed by atoms with van der Waals surface area (Å²) in [5.74, 6) is 0.732. The smallest absolute Gasteiger partial charge is 0.146 e. The first kappa shape index (κ1) is 14.1.